The Hall–Kier alpha value is -2.92. The Morgan fingerprint density at radius 2 is 1.79 bits per heavy atom. The van der Waals surface area contributed by atoms with Crippen molar-refractivity contribution in [1.29, 1.82) is 0 Å². The Morgan fingerprint density at radius 1 is 0.964 bits per heavy atom. The summed E-state index contributed by atoms with van der Waals surface area (Å²) < 4.78 is 31.0. The SMILES string of the molecule is Fc1cccc(Cl)c1COc1ccccc1CNc1ccc2c(c1)OCCO2. The fraction of sp³-hybridized carbons (Fsp3) is 0.182. The van der Waals surface area contributed by atoms with Crippen molar-refractivity contribution in [3.8, 4) is 17.2 Å². The number of benzene rings is 3. The first-order valence-corrected chi connectivity index (χ1v) is 9.35. The summed E-state index contributed by atoms with van der Waals surface area (Å²) in [6, 6.07) is 18.0. The van der Waals surface area contributed by atoms with E-state index in [1.165, 1.54) is 6.07 Å². The second-order valence-electron chi connectivity index (χ2n) is 6.31. The van der Waals surface area contributed by atoms with Gasteiger partial charge < -0.3 is 19.5 Å². The zero-order chi connectivity index (χ0) is 19.3. The molecule has 0 spiro atoms. The first-order valence-electron chi connectivity index (χ1n) is 8.98. The van der Waals surface area contributed by atoms with Crippen molar-refractivity contribution in [2.75, 3.05) is 18.5 Å². The Bertz CT molecular complexity index is 959. The van der Waals surface area contributed by atoms with Gasteiger partial charge in [-0.05, 0) is 30.3 Å². The first kappa shape index (κ1) is 18.4. The Kier molecular flexibility index (Phi) is 5.53. The van der Waals surface area contributed by atoms with Crippen LogP contribution in [-0.2, 0) is 13.2 Å². The van der Waals surface area contributed by atoms with Gasteiger partial charge in [-0.25, -0.2) is 4.39 Å². The summed E-state index contributed by atoms with van der Waals surface area (Å²) in [5.74, 6) is 1.78. The van der Waals surface area contributed by atoms with E-state index in [1.807, 2.05) is 42.5 Å². The predicted octanol–water partition coefficient (Wildman–Crippen LogP) is 5.44. The van der Waals surface area contributed by atoms with E-state index in [1.54, 1.807) is 12.1 Å². The van der Waals surface area contributed by atoms with Crippen LogP contribution in [0.2, 0.25) is 5.02 Å². The first-order chi connectivity index (χ1) is 13.7. The topological polar surface area (TPSA) is 39.7 Å². The number of fused-ring (bicyclic) bond motifs is 1. The number of nitrogens with one attached hydrogen (secondary N) is 1. The van der Waals surface area contributed by atoms with Crippen LogP contribution in [-0.4, -0.2) is 13.2 Å². The van der Waals surface area contributed by atoms with Gasteiger partial charge in [-0.2, -0.15) is 0 Å². The molecule has 0 unspecified atom stereocenters. The van der Waals surface area contributed by atoms with E-state index < -0.39 is 0 Å². The molecule has 1 aliphatic heterocycles. The molecule has 0 radical (unpaired) electrons. The number of rotatable bonds is 6. The van der Waals surface area contributed by atoms with E-state index in [0.717, 1.165) is 22.7 Å². The molecule has 1 heterocycles. The lowest BCUT2D eigenvalue weighted by atomic mass is 10.2. The van der Waals surface area contributed by atoms with Crippen LogP contribution in [0.5, 0.6) is 17.2 Å². The van der Waals surface area contributed by atoms with Crippen LogP contribution in [0, 0.1) is 5.82 Å². The normalized spacial score (nSPS) is 12.5. The van der Waals surface area contributed by atoms with Crippen LogP contribution < -0.4 is 19.5 Å². The average molecular weight is 400 g/mol. The molecule has 0 aliphatic carbocycles. The highest BCUT2D eigenvalue weighted by Crippen LogP contribution is 2.33. The third-order valence-corrected chi connectivity index (χ3v) is 4.79. The number of hydrogen-bond acceptors (Lipinski definition) is 4. The van der Waals surface area contributed by atoms with E-state index in [2.05, 4.69) is 5.32 Å². The maximum atomic E-state index is 14.0. The molecule has 1 N–H and O–H groups in total. The third kappa shape index (κ3) is 4.15. The number of ether oxygens (including phenoxy) is 3. The van der Waals surface area contributed by atoms with Gasteiger partial charge in [-0.3, -0.25) is 0 Å². The molecule has 0 saturated carbocycles. The van der Waals surface area contributed by atoms with Gasteiger partial charge in [0.2, 0.25) is 0 Å². The minimum Gasteiger partial charge on any atom is -0.488 e. The molecule has 3 aromatic rings. The maximum Gasteiger partial charge on any atom is 0.163 e. The van der Waals surface area contributed by atoms with Gasteiger partial charge in [0.15, 0.2) is 11.5 Å². The predicted molar refractivity (Wildman–Crippen MR) is 107 cm³/mol. The Labute approximate surface area is 167 Å². The summed E-state index contributed by atoms with van der Waals surface area (Å²) in [6.07, 6.45) is 0. The van der Waals surface area contributed by atoms with E-state index in [9.17, 15) is 4.39 Å². The molecule has 0 amide bonds. The Balaban J connectivity index is 1.44. The molecule has 0 fully saturated rings. The maximum absolute atomic E-state index is 14.0. The molecule has 0 atom stereocenters. The van der Waals surface area contributed by atoms with Crippen LogP contribution >= 0.6 is 11.6 Å². The second kappa shape index (κ2) is 8.40. The zero-order valence-electron chi connectivity index (χ0n) is 15.1. The number of anilines is 1. The van der Waals surface area contributed by atoms with Gasteiger partial charge >= 0.3 is 0 Å². The van der Waals surface area contributed by atoms with Crippen LogP contribution in [0.25, 0.3) is 0 Å². The minimum atomic E-state index is -0.376. The fourth-order valence-electron chi connectivity index (χ4n) is 2.96. The largest absolute Gasteiger partial charge is 0.488 e. The zero-order valence-corrected chi connectivity index (χ0v) is 15.8. The number of hydrogen-bond donors (Lipinski definition) is 1. The lowest BCUT2D eigenvalue weighted by molar-refractivity contribution is 0.171. The highest BCUT2D eigenvalue weighted by atomic mass is 35.5. The minimum absolute atomic E-state index is 0.0620. The van der Waals surface area contributed by atoms with Crippen molar-refractivity contribution in [2.24, 2.45) is 0 Å². The van der Waals surface area contributed by atoms with Crippen LogP contribution in [0.1, 0.15) is 11.1 Å². The van der Waals surface area contributed by atoms with Gasteiger partial charge in [0.1, 0.15) is 31.4 Å². The molecule has 4 rings (SSSR count). The third-order valence-electron chi connectivity index (χ3n) is 4.43. The Morgan fingerprint density at radius 3 is 2.64 bits per heavy atom. The van der Waals surface area contributed by atoms with Gasteiger partial charge in [0.25, 0.3) is 0 Å². The molecule has 0 saturated heterocycles. The summed E-state index contributed by atoms with van der Waals surface area (Å²) in [5.41, 5.74) is 2.21. The highest BCUT2D eigenvalue weighted by molar-refractivity contribution is 6.31. The summed E-state index contributed by atoms with van der Waals surface area (Å²) in [4.78, 5) is 0. The number of para-hydroxylation sites is 1. The molecular formula is C22H19ClFNO3. The van der Waals surface area contributed by atoms with E-state index in [-0.39, 0.29) is 12.4 Å². The van der Waals surface area contributed by atoms with Crippen molar-refractivity contribution in [3.63, 3.8) is 0 Å². The van der Waals surface area contributed by atoms with E-state index in [0.29, 0.717) is 36.1 Å². The molecular weight excluding hydrogens is 381 g/mol. The smallest absolute Gasteiger partial charge is 0.163 e. The summed E-state index contributed by atoms with van der Waals surface area (Å²) in [6.45, 7) is 1.72. The van der Waals surface area contributed by atoms with Gasteiger partial charge in [0, 0.05) is 29.4 Å². The summed E-state index contributed by atoms with van der Waals surface area (Å²) in [5, 5.41) is 3.71. The van der Waals surface area contributed by atoms with Crippen molar-refractivity contribution < 1.29 is 18.6 Å². The molecule has 144 valence electrons. The van der Waals surface area contributed by atoms with Gasteiger partial charge in [0.05, 0.1) is 5.02 Å². The van der Waals surface area contributed by atoms with Crippen molar-refractivity contribution in [2.45, 2.75) is 13.2 Å². The van der Waals surface area contributed by atoms with Crippen LogP contribution in [0.3, 0.4) is 0 Å². The van der Waals surface area contributed by atoms with Crippen LogP contribution in [0.4, 0.5) is 10.1 Å². The van der Waals surface area contributed by atoms with Gasteiger partial charge in [-0.15, -0.1) is 0 Å². The monoisotopic (exact) mass is 399 g/mol. The summed E-state index contributed by atoms with van der Waals surface area (Å²) >= 11 is 6.08. The molecule has 4 nitrogen and oxygen atoms in total. The van der Waals surface area contributed by atoms with Gasteiger partial charge in [-0.1, -0.05) is 35.9 Å². The highest BCUT2D eigenvalue weighted by Gasteiger charge is 2.13. The standard InChI is InChI=1S/C22H19ClFNO3/c23-18-5-3-6-19(24)17(18)14-28-20-7-2-1-4-15(20)13-25-16-8-9-21-22(12-16)27-11-10-26-21/h1-9,12,25H,10-11,13-14H2. The second-order valence-corrected chi connectivity index (χ2v) is 6.72. The van der Waals surface area contributed by atoms with E-state index >= 15 is 0 Å². The number of halogens is 2. The molecule has 6 heteroatoms. The van der Waals surface area contributed by atoms with Crippen molar-refractivity contribution >= 4 is 17.3 Å². The van der Waals surface area contributed by atoms with Crippen molar-refractivity contribution in [3.05, 3.63) is 82.6 Å². The quantitative estimate of drug-likeness (QED) is 0.599. The lowest BCUT2D eigenvalue weighted by Crippen LogP contribution is -2.15. The summed E-state index contributed by atoms with van der Waals surface area (Å²) in [7, 11) is 0. The lowest BCUT2D eigenvalue weighted by Gasteiger charge is -2.19. The molecule has 28 heavy (non-hydrogen) atoms. The molecule has 0 aromatic heterocycles. The van der Waals surface area contributed by atoms with E-state index in [4.69, 9.17) is 25.8 Å². The molecule has 3 aromatic carbocycles. The van der Waals surface area contributed by atoms with Crippen molar-refractivity contribution in [1.82, 2.24) is 0 Å². The van der Waals surface area contributed by atoms with Crippen LogP contribution in [0.15, 0.2) is 60.7 Å². The average Bonchev–Trinajstić information content (AvgIpc) is 2.72. The molecule has 0 bridgehead atoms. The fourth-order valence-corrected chi connectivity index (χ4v) is 3.18. The molecule has 1 aliphatic rings.